The predicted molar refractivity (Wildman–Crippen MR) is 201 cm³/mol. The fraction of sp³-hybridized carbons (Fsp3) is 0.413. The molecule has 0 radical (unpaired) electrons. The second-order valence-electron chi connectivity index (χ2n) is 16.1. The Morgan fingerprint density at radius 1 is 0.816 bits per heavy atom. The largest absolute Gasteiger partial charge is 1.00 e. The summed E-state index contributed by atoms with van der Waals surface area (Å²) < 4.78 is 2.19. The third kappa shape index (κ3) is 8.54. The second kappa shape index (κ2) is 15.7. The maximum Gasteiger partial charge on any atom is -1.00 e. The quantitative estimate of drug-likeness (QED) is 0.215. The van der Waals surface area contributed by atoms with Crippen LogP contribution in [0.15, 0.2) is 71.8 Å². The van der Waals surface area contributed by atoms with Crippen molar-refractivity contribution in [2.45, 2.75) is 113 Å². The summed E-state index contributed by atoms with van der Waals surface area (Å²) >= 11 is 1.47. The minimum Gasteiger partial charge on any atom is -1.00 e. The third-order valence-electron chi connectivity index (χ3n) is 10.3. The molecule has 0 spiro atoms. The zero-order chi connectivity index (χ0) is 34.5. The molecule has 1 atom stereocenters. The number of allylic oxidation sites excluding steroid dienone is 8. The van der Waals surface area contributed by atoms with Crippen LogP contribution in [-0.2, 0) is 41.5 Å². The Balaban J connectivity index is 0.000000229. The van der Waals surface area contributed by atoms with E-state index in [2.05, 4.69) is 160 Å². The molecule has 0 heterocycles. The predicted octanol–water partition coefficient (Wildman–Crippen LogP) is 6.29. The molecule has 4 aliphatic carbocycles. The van der Waals surface area contributed by atoms with Crippen LogP contribution in [0.4, 0.5) is 0 Å². The molecule has 49 heavy (non-hydrogen) atoms. The van der Waals surface area contributed by atoms with E-state index in [1.54, 1.807) is 0 Å². The van der Waals surface area contributed by atoms with Crippen molar-refractivity contribution >= 4 is 14.9 Å². The fourth-order valence-corrected chi connectivity index (χ4v) is 8.27. The van der Waals surface area contributed by atoms with Crippen LogP contribution in [0.2, 0.25) is 0 Å². The molecule has 0 saturated heterocycles. The Kier molecular flexibility index (Phi) is 13.2. The van der Waals surface area contributed by atoms with Gasteiger partial charge in [0.25, 0.3) is 0 Å². The van der Waals surface area contributed by atoms with E-state index in [-0.39, 0.29) is 35.6 Å². The van der Waals surface area contributed by atoms with Crippen LogP contribution in [-0.4, -0.2) is 3.71 Å². The Labute approximate surface area is 325 Å². The van der Waals surface area contributed by atoms with E-state index < -0.39 is 0 Å². The van der Waals surface area contributed by atoms with Crippen molar-refractivity contribution < 1.29 is 49.0 Å². The number of fused-ring (bicyclic) bond motifs is 5. The van der Waals surface area contributed by atoms with E-state index in [9.17, 15) is 0 Å². The topological polar surface area (TPSA) is 0 Å². The smallest absolute Gasteiger partial charge is 1.00 e. The zero-order valence-corrected chi connectivity index (χ0v) is 35.8. The zero-order valence-electron chi connectivity index (χ0n) is 31.8. The van der Waals surface area contributed by atoms with Crippen LogP contribution in [0.1, 0.15) is 134 Å². The van der Waals surface area contributed by atoms with Gasteiger partial charge in [0.1, 0.15) is 0 Å². The number of hydrogen-bond donors (Lipinski definition) is 0. The molecule has 0 fully saturated rings. The first-order chi connectivity index (χ1) is 22.0. The van der Waals surface area contributed by atoms with Gasteiger partial charge in [-0.05, 0) is 58.4 Å². The van der Waals surface area contributed by atoms with Gasteiger partial charge in [0.2, 0.25) is 0 Å². The van der Waals surface area contributed by atoms with Gasteiger partial charge in [-0.2, -0.15) is 17.2 Å². The van der Waals surface area contributed by atoms with E-state index >= 15 is 0 Å². The van der Waals surface area contributed by atoms with Crippen molar-refractivity contribution in [1.82, 2.24) is 0 Å². The van der Waals surface area contributed by atoms with Crippen LogP contribution in [0.25, 0.3) is 22.3 Å². The van der Waals surface area contributed by atoms with Crippen molar-refractivity contribution in [3.63, 3.8) is 0 Å². The van der Waals surface area contributed by atoms with Gasteiger partial charge >= 0.3 is 70.3 Å². The normalized spacial score (nSPS) is 18.3. The summed E-state index contributed by atoms with van der Waals surface area (Å²) in [6.45, 7) is 27.1. The van der Waals surface area contributed by atoms with Crippen molar-refractivity contribution in [2.24, 2.45) is 11.3 Å². The summed E-state index contributed by atoms with van der Waals surface area (Å²) in [6.07, 6.45) is 15.4. The van der Waals surface area contributed by atoms with Crippen molar-refractivity contribution in [2.75, 3.05) is 0 Å². The molecule has 3 heteroatoms. The van der Waals surface area contributed by atoms with Crippen LogP contribution < -0.4 is 24.8 Å². The maximum absolute atomic E-state index is 3.65. The summed E-state index contributed by atoms with van der Waals surface area (Å²) in [5.41, 5.74) is 20.5. The van der Waals surface area contributed by atoms with E-state index in [4.69, 9.17) is 0 Å². The molecule has 0 aliphatic heterocycles. The van der Waals surface area contributed by atoms with E-state index in [0.717, 1.165) is 12.8 Å². The first-order valence-corrected chi connectivity index (χ1v) is 19.0. The fourth-order valence-electron chi connectivity index (χ4n) is 7.80. The maximum atomic E-state index is 3.65. The van der Waals surface area contributed by atoms with Gasteiger partial charge in [-0.1, -0.05) is 117 Å². The van der Waals surface area contributed by atoms with Crippen LogP contribution >= 0.6 is 0 Å². The molecule has 3 aromatic carbocycles. The SMILES string of the molecule is CC1=[C-]C(C)(C)c2cc3c(cc21)-c1cc2c(cc1C3)C(C)(C)C=C2C.CCC1=[C-]C(CC)C=C1C(C)(C)C.Cc1ccc([CH]=[Zr+2])cc1.[Cl-].[Cl-]. The molecule has 258 valence electrons. The number of halogens is 2. The summed E-state index contributed by atoms with van der Waals surface area (Å²) in [4.78, 5) is 0. The molecule has 7 rings (SSSR count). The second-order valence-corrected chi connectivity index (χ2v) is 16.8. The number of hydrogen-bond acceptors (Lipinski definition) is 0. The van der Waals surface area contributed by atoms with Gasteiger partial charge < -0.3 is 24.8 Å². The van der Waals surface area contributed by atoms with Gasteiger partial charge in [-0.25, -0.2) is 11.1 Å². The van der Waals surface area contributed by atoms with Gasteiger partial charge in [0.05, 0.1) is 0 Å². The minimum atomic E-state index is 0. The molecule has 0 N–H and O–H groups in total. The molecule has 4 aliphatic rings. The number of benzene rings is 3. The molecular weight excluding hydrogens is 715 g/mol. The molecule has 0 saturated carbocycles. The first-order valence-electron chi connectivity index (χ1n) is 17.6. The number of aryl methyl sites for hydroxylation is 1. The molecule has 1 unspecified atom stereocenters. The Bertz CT molecular complexity index is 1750. The monoisotopic (exact) mass is 766 g/mol. The standard InChI is InChI=1S/C25H25.C13H21.C8H8.2ClH.Zr/c1-14-12-24(3,4)22-8-16-7-17-9-23-19(15(2)13-25(23,5)6)11-21(17)20(16)10-18(14)22;1-6-10-8-11(7-2)12(9-10)13(3,4)5;1-7-3-5-8(2)6-4-7;;;/h8-12H,7H2,1-6H3;9-10H,6-7H2,1-5H3;1,3-6H,2H3;2*1H;/q2*-1;;;;+2/p-2. The van der Waals surface area contributed by atoms with Gasteiger partial charge in [-0.15, -0.1) is 11.6 Å². The summed E-state index contributed by atoms with van der Waals surface area (Å²) in [5.74, 6) is 0.573. The molecule has 0 aromatic heterocycles. The molecular formula is C46H54Cl2Zr-2. The van der Waals surface area contributed by atoms with Gasteiger partial charge in [0.15, 0.2) is 0 Å². The van der Waals surface area contributed by atoms with Crippen molar-refractivity contribution in [3.8, 4) is 11.1 Å². The van der Waals surface area contributed by atoms with E-state index in [1.165, 1.54) is 109 Å². The van der Waals surface area contributed by atoms with E-state index in [1.807, 2.05) is 0 Å². The number of rotatable bonds is 3. The van der Waals surface area contributed by atoms with Crippen LogP contribution in [0.3, 0.4) is 0 Å². The van der Waals surface area contributed by atoms with Crippen LogP contribution in [0, 0.1) is 30.4 Å². The molecule has 0 amide bonds. The molecule has 3 aromatic rings. The summed E-state index contributed by atoms with van der Waals surface area (Å²) in [7, 11) is 0. The minimum absolute atomic E-state index is 0. The summed E-state index contributed by atoms with van der Waals surface area (Å²) in [5, 5.41) is 0. The van der Waals surface area contributed by atoms with Gasteiger partial charge in [-0.3, -0.25) is 12.2 Å². The molecule has 0 nitrogen and oxygen atoms in total. The van der Waals surface area contributed by atoms with Crippen LogP contribution in [0.5, 0.6) is 0 Å². The Morgan fingerprint density at radius 3 is 1.90 bits per heavy atom. The van der Waals surface area contributed by atoms with Crippen molar-refractivity contribution in [3.05, 3.63) is 128 Å². The van der Waals surface area contributed by atoms with Gasteiger partial charge in [0, 0.05) is 5.41 Å². The first kappa shape index (κ1) is 41.4. The molecule has 0 bridgehead atoms. The Morgan fingerprint density at radius 2 is 1.39 bits per heavy atom. The average Bonchev–Trinajstić information content (AvgIpc) is 3.72. The average molecular weight is 769 g/mol. The van der Waals surface area contributed by atoms with E-state index in [0.29, 0.717) is 11.3 Å². The van der Waals surface area contributed by atoms with Crippen molar-refractivity contribution in [1.29, 1.82) is 0 Å². The Hall–Kier alpha value is -2.05. The third-order valence-corrected chi connectivity index (χ3v) is 11.1. The summed E-state index contributed by atoms with van der Waals surface area (Å²) in [6, 6.07) is 18.4.